The molecule has 0 saturated heterocycles. The van der Waals surface area contributed by atoms with Gasteiger partial charge in [0, 0.05) is 0 Å². The van der Waals surface area contributed by atoms with Crippen LogP contribution in [0.4, 0.5) is 0 Å². The maximum absolute atomic E-state index is 3.90. The van der Waals surface area contributed by atoms with Gasteiger partial charge in [-0.1, -0.05) is 103 Å². The monoisotopic (exact) mass is 278 g/mol. The molecule has 0 rings (SSSR count). The van der Waals surface area contributed by atoms with Crippen molar-refractivity contribution < 1.29 is 0 Å². The Kier molecular flexibility index (Phi) is 16.6. The van der Waals surface area contributed by atoms with E-state index in [-0.39, 0.29) is 0 Å². The first kappa shape index (κ1) is 19.7. The molecule has 0 spiro atoms. The summed E-state index contributed by atoms with van der Waals surface area (Å²) >= 11 is 0. The second-order valence-electron chi connectivity index (χ2n) is 6.15. The maximum atomic E-state index is 3.90. The third kappa shape index (κ3) is 14.2. The summed E-state index contributed by atoms with van der Waals surface area (Å²) in [5, 5.41) is 0. The predicted molar refractivity (Wildman–Crippen MR) is 93.7 cm³/mol. The lowest BCUT2D eigenvalue weighted by atomic mass is 9.92. The number of rotatable bonds is 15. The Morgan fingerprint density at radius 1 is 0.800 bits per heavy atom. The fraction of sp³-hybridized carbons (Fsp3) is 0.800. The minimum atomic E-state index is 0.984. The summed E-state index contributed by atoms with van der Waals surface area (Å²) in [5.74, 6) is 0.984. The Labute approximate surface area is 129 Å². The van der Waals surface area contributed by atoms with Gasteiger partial charge in [-0.3, -0.25) is 0 Å². The lowest BCUT2D eigenvalue weighted by Crippen LogP contribution is -1.99. The zero-order chi connectivity index (χ0) is 14.9. The van der Waals surface area contributed by atoms with Crippen LogP contribution in [0.1, 0.15) is 96.8 Å². The number of unbranched alkanes of at least 4 members (excludes halogenated alkanes) is 9. The first-order valence-electron chi connectivity index (χ1n) is 9.08. The second-order valence-corrected chi connectivity index (χ2v) is 6.15. The van der Waals surface area contributed by atoms with Crippen LogP contribution in [0.2, 0.25) is 0 Å². The van der Waals surface area contributed by atoms with Crippen LogP contribution < -0.4 is 0 Å². The summed E-state index contributed by atoms with van der Waals surface area (Å²) in [6.45, 7) is 9.99. The Morgan fingerprint density at radius 3 is 1.90 bits per heavy atom. The van der Waals surface area contributed by atoms with E-state index in [4.69, 9.17) is 0 Å². The van der Waals surface area contributed by atoms with Gasteiger partial charge in [-0.15, -0.1) is 0 Å². The Morgan fingerprint density at radius 2 is 1.35 bits per heavy atom. The van der Waals surface area contributed by atoms with Gasteiger partial charge in [0.2, 0.25) is 0 Å². The summed E-state index contributed by atoms with van der Waals surface area (Å²) in [7, 11) is 0. The van der Waals surface area contributed by atoms with Gasteiger partial charge < -0.3 is 0 Å². The first-order chi connectivity index (χ1) is 9.85. The summed E-state index contributed by atoms with van der Waals surface area (Å²) in [6, 6.07) is 0. The molecule has 0 fully saturated rings. The van der Waals surface area contributed by atoms with Crippen LogP contribution in [0.15, 0.2) is 12.2 Å². The van der Waals surface area contributed by atoms with Gasteiger partial charge in [0.25, 0.3) is 0 Å². The Bertz CT molecular complexity index is 192. The van der Waals surface area contributed by atoms with E-state index < -0.39 is 0 Å². The molecule has 1 unspecified atom stereocenters. The van der Waals surface area contributed by atoms with Crippen molar-refractivity contribution in [3.63, 3.8) is 0 Å². The molecule has 0 amide bonds. The van der Waals surface area contributed by atoms with Crippen LogP contribution in [-0.4, -0.2) is 0 Å². The van der Waals surface area contributed by atoms with Crippen molar-refractivity contribution in [2.24, 2.45) is 5.92 Å². The average Bonchev–Trinajstić information content (AvgIpc) is 2.47. The van der Waals surface area contributed by atoms with Crippen molar-refractivity contribution in [2.45, 2.75) is 96.8 Å². The SMILES string of the molecule is [CH2]/C=C/CCCCCC(CC)CCCCCCCC[CH2]. The van der Waals surface area contributed by atoms with Gasteiger partial charge in [0.15, 0.2) is 0 Å². The van der Waals surface area contributed by atoms with Gasteiger partial charge >= 0.3 is 0 Å². The average molecular weight is 279 g/mol. The molecule has 0 aliphatic carbocycles. The molecule has 0 saturated carbocycles. The van der Waals surface area contributed by atoms with E-state index in [0.29, 0.717) is 0 Å². The van der Waals surface area contributed by atoms with E-state index in [1.807, 2.05) is 6.08 Å². The molecule has 0 aromatic rings. The summed E-state index contributed by atoms with van der Waals surface area (Å²) in [5.41, 5.74) is 0. The van der Waals surface area contributed by atoms with Gasteiger partial charge in [-0.25, -0.2) is 0 Å². The van der Waals surface area contributed by atoms with Crippen LogP contribution in [0.3, 0.4) is 0 Å². The molecular formula is C20H38. The van der Waals surface area contributed by atoms with E-state index in [9.17, 15) is 0 Å². The highest BCUT2D eigenvalue weighted by Crippen LogP contribution is 2.21. The highest BCUT2D eigenvalue weighted by molar-refractivity contribution is 4.83. The number of allylic oxidation sites excluding steroid dienone is 2. The standard InChI is InChI=1S/C20H38/c1-4-7-9-11-13-15-17-19-20(6-3)18-16-14-12-10-8-5-2/h5,8,20H,1-2,4,6-7,9-19H2,3H3/b8-5+. The molecular weight excluding hydrogens is 240 g/mol. The topological polar surface area (TPSA) is 0 Å². The van der Waals surface area contributed by atoms with Crippen LogP contribution in [0, 0.1) is 19.8 Å². The molecule has 0 heterocycles. The van der Waals surface area contributed by atoms with Gasteiger partial charge in [-0.2, -0.15) is 0 Å². The van der Waals surface area contributed by atoms with Gasteiger partial charge in [0.05, 0.1) is 0 Å². The molecule has 0 aromatic carbocycles. The highest BCUT2D eigenvalue weighted by Gasteiger charge is 2.05. The molecule has 0 N–H and O–H groups in total. The molecule has 0 aliphatic rings. The van der Waals surface area contributed by atoms with Crippen LogP contribution in [0.5, 0.6) is 0 Å². The zero-order valence-corrected chi connectivity index (χ0v) is 14.0. The molecule has 0 aromatic heterocycles. The Balaban J connectivity index is 3.33. The van der Waals surface area contributed by atoms with E-state index >= 15 is 0 Å². The van der Waals surface area contributed by atoms with Crippen molar-refractivity contribution in [1.29, 1.82) is 0 Å². The van der Waals surface area contributed by atoms with Crippen molar-refractivity contribution in [3.05, 3.63) is 26.0 Å². The third-order valence-electron chi connectivity index (χ3n) is 4.34. The first-order valence-corrected chi connectivity index (χ1v) is 9.08. The normalized spacial score (nSPS) is 13.2. The van der Waals surface area contributed by atoms with Crippen molar-refractivity contribution >= 4 is 0 Å². The summed E-state index contributed by atoms with van der Waals surface area (Å²) in [4.78, 5) is 0. The van der Waals surface area contributed by atoms with Crippen LogP contribution >= 0.6 is 0 Å². The maximum Gasteiger partial charge on any atom is -0.0316 e. The summed E-state index contributed by atoms with van der Waals surface area (Å²) in [6.07, 6.45) is 23.4. The molecule has 1 atom stereocenters. The molecule has 0 nitrogen and oxygen atoms in total. The van der Waals surface area contributed by atoms with Gasteiger partial charge in [0.1, 0.15) is 0 Å². The molecule has 0 heteroatoms. The molecule has 0 aliphatic heterocycles. The van der Waals surface area contributed by atoms with Gasteiger partial charge in [-0.05, 0) is 25.7 Å². The minimum absolute atomic E-state index is 0.984. The molecule has 0 bridgehead atoms. The smallest absolute Gasteiger partial charge is 0.0316 e. The van der Waals surface area contributed by atoms with Crippen LogP contribution in [0.25, 0.3) is 0 Å². The lowest BCUT2D eigenvalue weighted by molar-refractivity contribution is 0.395. The van der Waals surface area contributed by atoms with Crippen molar-refractivity contribution in [1.82, 2.24) is 0 Å². The summed E-state index contributed by atoms with van der Waals surface area (Å²) < 4.78 is 0. The van der Waals surface area contributed by atoms with E-state index in [1.165, 1.54) is 83.5 Å². The largest absolute Gasteiger partial charge is 0.0885 e. The van der Waals surface area contributed by atoms with E-state index in [0.717, 1.165) is 12.3 Å². The zero-order valence-electron chi connectivity index (χ0n) is 14.0. The number of hydrogen-bond donors (Lipinski definition) is 0. The van der Waals surface area contributed by atoms with E-state index in [1.54, 1.807) is 0 Å². The fourth-order valence-electron chi connectivity index (χ4n) is 2.86. The second kappa shape index (κ2) is 16.8. The van der Waals surface area contributed by atoms with Crippen molar-refractivity contribution in [3.8, 4) is 0 Å². The minimum Gasteiger partial charge on any atom is -0.0885 e. The highest BCUT2D eigenvalue weighted by atomic mass is 14.1. The van der Waals surface area contributed by atoms with E-state index in [2.05, 4.69) is 26.8 Å². The molecule has 20 heavy (non-hydrogen) atoms. The molecule has 2 radical (unpaired) electrons. The predicted octanol–water partition coefficient (Wildman–Crippen LogP) is 7.31. The third-order valence-corrected chi connectivity index (χ3v) is 4.34. The fourth-order valence-corrected chi connectivity index (χ4v) is 2.86. The lowest BCUT2D eigenvalue weighted by Gasteiger charge is -2.14. The molecule has 118 valence electrons. The Hall–Kier alpha value is -0.260. The van der Waals surface area contributed by atoms with Crippen molar-refractivity contribution in [2.75, 3.05) is 0 Å². The number of hydrogen-bond acceptors (Lipinski definition) is 0. The quantitative estimate of drug-likeness (QED) is 0.275. The van der Waals surface area contributed by atoms with Crippen LogP contribution in [-0.2, 0) is 0 Å².